The zero-order chi connectivity index (χ0) is 11.3. The van der Waals surface area contributed by atoms with Crippen molar-refractivity contribution < 1.29 is 17.9 Å². The molecule has 0 saturated carbocycles. The second-order valence-electron chi connectivity index (χ2n) is 3.24. The number of hydrogen-bond donors (Lipinski definition) is 0. The summed E-state index contributed by atoms with van der Waals surface area (Å²) in [6.07, 6.45) is 1.68. The maximum absolute atomic E-state index is 10.9. The molecule has 15 heavy (non-hydrogen) atoms. The van der Waals surface area contributed by atoms with Gasteiger partial charge in [0.25, 0.3) is 6.47 Å². The van der Waals surface area contributed by atoms with Gasteiger partial charge in [-0.1, -0.05) is 12.1 Å². The number of aryl methyl sites for hydroxylation is 1. The number of ether oxygens (including phenoxy) is 1. The highest BCUT2D eigenvalue weighted by Crippen LogP contribution is 2.12. The molecule has 5 heteroatoms. The molecule has 0 bridgehead atoms. The lowest BCUT2D eigenvalue weighted by Gasteiger charge is -2.01. The molecule has 0 spiro atoms. The zero-order valence-corrected chi connectivity index (χ0v) is 9.16. The van der Waals surface area contributed by atoms with Crippen molar-refractivity contribution in [1.82, 2.24) is 0 Å². The Morgan fingerprint density at radius 1 is 1.27 bits per heavy atom. The minimum Gasteiger partial charge on any atom is -0.429 e. The third-order valence-electron chi connectivity index (χ3n) is 1.87. The van der Waals surface area contributed by atoms with Crippen LogP contribution in [0.5, 0.6) is 5.75 Å². The van der Waals surface area contributed by atoms with Crippen LogP contribution < -0.4 is 4.74 Å². The smallest absolute Gasteiger partial charge is 0.298 e. The van der Waals surface area contributed by atoms with Crippen LogP contribution in [0.2, 0.25) is 0 Å². The summed E-state index contributed by atoms with van der Waals surface area (Å²) in [6.45, 7) is 0.353. The second-order valence-corrected chi connectivity index (χ2v) is 5.50. The maximum Gasteiger partial charge on any atom is 0.298 e. The topological polar surface area (TPSA) is 60.4 Å². The van der Waals surface area contributed by atoms with Crippen molar-refractivity contribution in [3.63, 3.8) is 0 Å². The van der Waals surface area contributed by atoms with E-state index in [1.54, 1.807) is 24.3 Å². The van der Waals surface area contributed by atoms with Gasteiger partial charge in [-0.2, -0.15) is 0 Å². The minimum absolute atomic E-state index is 0.126. The van der Waals surface area contributed by atoms with Crippen LogP contribution in [0.15, 0.2) is 24.3 Å². The first-order valence-corrected chi connectivity index (χ1v) is 6.44. The molecule has 1 rings (SSSR count). The van der Waals surface area contributed by atoms with E-state index in [1.165, 1.54) is 6.26 Å². The van der Waals surface area contributed by atoms with Crippen LogP contribution in [0.1, 0.15) is 5.56 Å². The van der Waals surface area contributed by atoms with Crippen LogP contribution >= 0.6 is 0 Å². The van der Waals surface area contributed by atoms with E-state index in [2.05, 4.69) is 4.74 Å². The molecule has 0 radical (unpaired) electrons. The van der Waals surface area contributed by atoms with Crippen molar-refractivity contribution in [3.05, 3.63) is 29.8 Å². The standard InChI is InChI=1S/C10H12O4S/c1-15(12,13)7-6-9-2-4-10(5-3-9)14-8-11/h2-5,8H,6-7H2,1H3. The third-order valence-corrected chi connectivity index (χ3v) is 2.81. The fraction of sp³-hybridized carbons (Fsp3) is 0.300. The fourth-order valence-corrected chi connectivity index (χ4v) is 1.70. The first kappa shape index (κ1) is 11.7. The van der Waals surface area contributed by atoms with Crippen LogP contribution in [-0.4, -0.2) is 26.9 Å². The van der Waals surface area contributed by atoms with Crippen LogP contribution in [-0.2, 0) is 21.1 Å². The molecule has 0 atom stereocenters. The van der Waals surface area contributed by atoms with Crippen molar-refractivity contribution in [2.75, 3.05) is 12.0 Å². The molecule has 0 aromatic heterocycles. The first-order valence-electron chi connectivity index (χ1n) is 4.38. The van der Waals surface area contributed by atoms with Gasteiger partial charge < -0.3 is 4.74 Å². The van der Waals surface area contributed by atoms with Gasteiger partial charge in [0.1, 0.15) is 15.6 Å². The Hall–Kier alpha value is -1.36. The minimum atomic E-state index is -2.93. The summed E-state index contributed by atoms with van der Waals surface area (Å²) in [6, 6.07) is 6.74. The largest absolute Gasteiger partial charge is 0.429 e. The predicted molar refractivity (Wildman–Crippen MR) is 56.5 cm³/mol. The molecular weight excluding hydrogens is 216 g/mol. The molecule has 0 aliphatic rings. The molecule has 1 aromatic carbocycles. The lowest BCUT2D eigenvalue weighted by atomic mass is 10.2. The van der Waals surface area contributed by atoms with Crippen molar-refractivity contribution >= 4 is 16.3 Å². The van der Waals surface area contributed by atoms with E-state index in [-0.39, 0.29) is 5.75 Å². The number of carbonyl (C=O) groups excluding carboxylic acids is 1. The summed E-state index contributed by atoms with van der Waals surface area (Å²) in [5.41, 5.74) is 0.902. The van der Waals surface area contributed by atoms with Crippen LogP contribution in [0, 0.1) is 0 Å². The van der Waals surface area contributed by atoms with Crippen LogP contribution in [0.4, 0.5) is 0 Å². The van der Waals surface area contributed by atoms with E-state index >= 15 is 0 Å². The highest BCUT2D eigenvalue weighted by Gasteiger charge is 2.02. The van der Waals surface area contributed by atoms with Crippen LogP contribution in [0.25, 0.3) is 0 Å². The maximum atomic E-state index is 10.9. The Labute approximate surface area is 88.8 Å². The van der Waals surface area contributed by atoms with Crippen LogP contribution in [0.3, 0.4) is 0 Å². The van der Waals surface area contributed by atoms with Gasteiger partial charge in [-0.25, -0.2) is 8.42 Å². The molecular formula is C10H12O4S. The van der Waals surface area contributed by atoms with Crippen molar-refractivity contribution in [3.8, 4) is 5.75 Å². The fourth-order valence-electron chi connectivity index (χ4n) is 1.09. The summed E-state index contributed by atoms with van der Waals surface area (Å²) < 4.78 is 26.4. The Morgan fingerprint density at radius 3 is 2.33 bits per heavy atom. The number of rotatable bonds is 5. The van der Waals surface area contributed by atoms with Crippen molar-refractivity contribution in [2.24, 2.45) is 0 Å². The summed E-state index contributed by atoms with van der Waals surface area (Å²) >= 11 is 0. The second kappa shape index (κ2) is 4.93. The quantitative estimate of drug-likeness (QED) is 0.700. The molecule has 0 unspecified atom stereocenters. The molecule has 0 fully saturated rings. The van der Waals surface area contributed by atoms with Gasteiger partial charge in [-0.05, 0) is 24.1 Å². The highest BCUT2D eigenvalue weighted by atomic mass is 32.2. The third kappa shape index (κ3) is 4.60. The normalized spacial score (nSPS) is 11.0. The number of sulfone groups is 1. The van der Waals surface area contributed by atoms with Gasteiger partial charge in [-0.3, -0.25) is 4.79 Å². The van der Waals surface area contributed by atoms with E-state index in [4.69, 9.17) is 0 Å². The molecule has 0 aliphatic heterocycles. The van der Waals surface area contributed by atoms with Gasteiger partial charge in [0.05, 0.1) is 5.75 Å². The number of benzene rings is 1. The molecule has 1 aromatic rings. The molecule has 4 nitrogen and oxygen atoms in total. The summed E-state index contributed by atoms with van der Waals surface area (Å²) in [7, 11) is -2.93. The Bertz CT molecular complexity index is 419. The first-order chi connectivity index (χ1) is 7.01. The van der Waals surface area contributed by atoms with E-state index in [9.17, 15) is 13.2 Å². The van der Waals surface area contributed by atoms with E-state index < -0.39 is 9.84 Å². The lowest BCUT2D eigenvalue weighted by Crippen LogP contribution is -2.05. The molecule has 0 aliphatic carbocycles. The van der Waals surface area contributed by atoms with Crippen molar-refractivity contribution in [2.45, 2.75) is 6.42 Å². The molecule has 0 amide bonds. The predicted octanol–water partition coefficient (Wildman–Crippen LogP) is 0.809. The van der Waals surface area contributed by atoms with E-state index in [0.717, 1.165) is 5.56 Å². The molecule has 0 saturated heterocycles. The summed E-state index contributed by atoms with van der Waals surface area (Å²) in [4.78, 5) is 10.0. The average molecular weight is 228 g/mol. The summed E-state index contributed by atoms with van der Waals surface area (Å²) in [5.74, 6) is 0.578. The van der Waals surface area contributed by atoms with Gasteiger partial charge >= 0.3 is 0 Å². The van der Waals surface area contributed by atoms with Gasteiger partial charge in [0.15, 0.2) is 0 Å². The lowest BCUT2D eigenvalue weighted by molar-refractivity contribution is -0.120. The Kier molecular flexibility index (Phi) is 3.85. The summed E-state index contributed by atoms with van der Waals surface area (Å²) in [5, 5.41) is 0. The highest BCUT2D eigenvalue weighted by molar-refractivity contribution is 7.90. The van der Waals surface area contributed by atoms with Gasteiger partial charge in [0.2, 0.25) is 0 Å². The Balaban J connectivity index is 2.60. The molecule has 0 N–H and O–H groups in total. The Morgan fingerprint density at radius 2 is 1.87 bits per heavy atom. The SMILES string of the molecule is CS(=O)(=O)CCc1ccc(OC=O)cc1. The number of hydrogen-bond acceptors (Lipinski definition) is 4. The monoisotopic (exact) mass is 228 g/mol. The van der Waals surface area contributed by atoms with Gasteiger partial charge in [0, 0.05) is 6.26 Å². The van der Waals surface area contributed by atoms with Gasteiger partial charge in [-0.15, -0.1) is 0 Å². The zero-order valence-electron chi connectivity index (χ0n) is 8.34. The molecule has 82 valence electrons. The van der Waals surface area contributed by atoms with Crippen molar-refractivity contribution in [1.29, 1.82) is 0 Å². The number of carbonyl (C=O) groups is 1. The van der Waals surface area contributed by atoms with E-state index in [0.29, 0.717) is 18.6 Å². The molecule has 0 heterocycles. The average Bonchev–Trinajstić information content (AvgIpc) is 2.16. The van der Waals surface area contributed by atoms with E-state index in [1.807, 2.05) is 0 Å².